The van der Waals surface area contributed by atoms with Crippen molar-refractivity contribution in [3.63, 3.8) is 0 Å². The van der Waals surface area contributed by atoms with Gasteiger partial charge in [0.05, 0.1) is 6.54 Å². The van der Waals surface area contributed by atoms with Crippen molar-refractivity contribution in [2.75, 3.05) is 0 Å². The molecule has 1 aromatic heterocycles. The lowest BCUT2D eigenvalue weighted by Gasteiger charge is -2.07. The normalized spacial score (nSPS) is 10.4. The topological polar surface area (TPSA) is 22.0 Å². The van der Waals surface area contributed by atoms with E-state index >= 15 is 0 Å². The largest absolute Gasteiger partial charge is 0.311 e. The number of halogens is 2. The molecule has 0 aliphatic heterocycles. The average molecular weight is 238 g/mol. The number of pyridine rings is 1. The van der Waals surface area contributed by atoms with E-state index in [1.165, 1.54) is 22.8 Å². The van der Waals surface area contributed by atoms with Gasteiger partial charge in [0.2, 0.25) is 0 Å². The average Bonchev–Trinajstić information content (AvgIpc) is 2.26. The third-order valence-electron chi connectivity index (χ3n) is 2.29. The summed E-state index contributed by atoms with van der Waals surface area (Å²) in [5.41, 5.74) is 0.152. The Morgan fingerprint density at radius 2 is 2.00 bits per heavy atom. The van der Waals surface area contributed by atoms with Gasteiger partial charge in [-0.25, -0.2) is 4.39 Å². The molecule has 4 heteroatoms. The van der Waals surface area contributed by atoms with Crippen LogP contribution in [0.4, 0.5) is 4.39 Å². The van der Waals surface area contributed by atoms with E-state index in [4.69, 9.17) is 11.6 Å². The Bertz CT molecular complexity index is 545. The van der Waals surface area contributed by atoms with Gasteiger partial charge in [0.15, 0.2) is 0 Å². The van der Waals surface area contributed by atoms with Crippen molar-refractivity contribution in [2.45, 2.75) is 6.54 Å². The lowest BCUT2D eigenvalue weighted by atomic mass is 10.2. The van der Waals surface area contributed by atoms with Crippen LogP contribution in [0.3, 0.4) is 0 Å². The van der Waals surface area contributed by atoms with E-state index in [-0.39, 0.29) is 12.1 Å². The first-order chi connectivity index (χ1) is 7.68. The van der Waals surface area contributed by atoms with Crippen molar-refractivity contribution in [1.82, 2.24) is 4.57 Å². The van der Waals surface area contributed by atoms with Gasteiger partial charge >= 0.3 is 0 Å². The molecule has 0 aliphatic rings. The van der Waals surface area contributed by atoms with E-state index in [0.29, 0.717) is 10.6 Å². The Morgan fingerprint density at radius 3 is 2.69 bits per heavy atom. The monoisotopic (exact) mass is 237 g/mol. The lowest BCUT2D eigenvalue weighted by molar-refractivity contribution is 0.596. The molecule has 0 unspecified atom stereocenters. The molecule has 1 heterocycles. The summed E-state index contributed by atoms with van der Waals surface area (Å²) in [5.74, 6) is -0.400. The van der Waals surface area contributed by atoms with E-state index in [9.17, 15) is 9.18 Å². The Labute approximate surface area is 96.9 Å². The van der Waals surface area contributed by atoms with E-state index in [2.05, 4.69) is 0 Å². The van der Waals surface area contributed by atoms with Gasteiger partial charge in [-0.15, -0.1) is 0 Å². The number of nitrogens with zero attached hydrogens (tertiary/aromatic N) is 1. The zero-order valence-corrected chi connectivity index (χ0v) is 9.12. The molecule has 0 fully saturated rings. The van der Waals surface area contributed by atoms with Crippen LogP contribution in [0.1, 0.15) is 5.56 Å². The number of hydrogen-bond acceptors (Lipinski definition) is 1. The molecule has 2 nitrogen and oxygen atoms in total. The smallest absolute Gasteiger partial charge is 0.250 e. The molecule has 0 amide bonds. The second kappa shape index (κ2) is 4.49. The second-order valence-corrected chi connectivity index (χ2v) is 3.77. The van der Waals surface area contributed by atoms with E-state index in [1.54, 1.807) is 24.4 Å². The fourth-order valence-electron chi connectivity index (χ4n) is 1.45. The van der Waals surface area contributed by atoms with Crippen molar-refractivity contribution in [3.8, 4) is 0 Å². The Kier molecular flexibility index (Phi) is 3.06. The zero-order valence-electron chi connectivity index (χ0n) is 8.36. The van der Waals surface area contributed by atoms with Gasteiger partial charge in [-0.2, -0.15) is 0 Å². The Morgan fingerprint density at radius 1 is 1.19 bits per heavy atom. The highest BCUT2D eigenvalue weighted by Crippen LogP contribution is 2.19. The number of hydrogen-bond donors (Lipinski definition) is 0. The predicted octanol–water partition coefficient (Wildman–Crippen LogP) is 2.69. The van der Waals surface area contributed by atoms with Gasteiger partial charge in [0.25, 0.3) is 5.56 Å². The third kappa shape index (κ3) is 2.14. The number of aromatic nitrogens is 1. The van der Waals surface area contributed by atoms with Crippen molar-refractivity contribution >= 4 is 11.6 Å². The molecule has 0 bridgehead atoms. The molecule has 0 saturated carbocycles. The number of benzene rings is 1. The van der Waals surface area contributed by atoms with Crippen LogP contribution >= 0.6 is 11.6 Å². The minimum Gasteiger partial charge on any atom is -0.311 e. The first-order valence-corrected chi connectivity index (χ1v) is 5.14. The van der Waals surface area contributed by atoms with Crippen LogP contribution < -0.4 is 5.56 Å². The summed E-state index contributed by atoms with van der Waals surface area (Å²) in [6.45, 7) is 0.144. The Balaban J connectivity index is 2.42. The second-order valence-electron chi connectivity index (χ2n) is 3.37. The summed E-state index contributed by atoms with van der Waals surface area (Å²) >= 11 is 5.88. The maximum Gasteiger partial charge on any atom is 0.250 e. The van der Waals surface area contributed by atoms with Crippen LogP contribution in [0.15, 0.2) is 47.4 Å². The summed E-state index contributed by atoms with van der Waals surface area (Å²) < 4.78 is 14.9. The standard InChI is InChI=1S/C12H9ClFNO/c13-10-4-3-5-11(14)9(10)8-15-7-2-1-6-12(15)16/h1-7H,8H2. The van der Waals surface area contributed by atoms with E-state index in [1.807, 2.05) is 0 Å². The van der Waals surface area contributed by atoms with Gasteiger partial charge in [-0.1, -0.05) is 23.7 Å². The zero-order chi connectivity index (χ0) is 11.5. The summed E-state index contributed by atoms with van der Waals surface area (Å²) in [6, 6.07) is 9.25. The molecule has 0 atom stereocenters. The minimum atomic E-state index is -0.400. The van der Waals surface area contributed by atoms with Crippen molar-refractivity contribution in [1.29, 1.82) is 0 Å². The van der Waals surface area contributed by atoms with Crippen LogP contribution in [0.5, 0.6) is 0 Å². The molecule has 2 rings (SSSR count). The first kappa shape index (κ1) is 10.9. The van der Waals surface area contributed by atoms with Crippen LogP contribution in [0.2, 0.25) is 5.02 Å². The SMILES string of the molecule is O=c1ccccn1Cc1c(F)cccc1Cl. The molecular formula is C12H9ClFNO. The van der Waals surface area contributed by atoms with Gasteiger partial charge in [-0.05, 0) is 18.2 Å². The fraction of sp³-hybridized carbons (Fsp3) is 0.0833. The molecule has 0 saturated heterocycles. The van der Waals surface area contributed by atoms with Crippen molar-refractivity contribution in [3.05, 3.63) is 69.4 Å². The molecule has 2 aromatic rings. The van der Waals surface area contributed by atoms with E-state index in [0.717, 1.165) is 0 Å². The summed E-state index contributed by atoms with van der Waals surface area (Å²) in [5, 5.41) is 0.329. The molecule has 0 spiro atoms. The van der Waals surface area contributed by atoms with Crippen molar-refractivity contribution in [2.24, 2.45) is 0 Å². The van der Waals surface area contributed by atoms with Gasteiger partial charge < -0.3 is 4.57 Å². The van der Waals surface area contributed by atoms with Crippen LogP contribution in [0, 0.1) is 5.82 Å². The van der Waals surface area contributed by atoms with Crippen LogP contribution in [0.25, 0.3) is 0 Å². The van der Waals surface area contributed by atoms with E-state index < -0.39 is 5.82 Å². The molecule has 82 valence electrons. The maximum atomic E-state index is 13.5. The van der Waals surface area contributed by atoms with Gasteiger partial charge in [0, 0.05) is 22.8 Å². The highest BCUT2D eigenvalue weighted by molar-refractivity contribution is 6.31. The number of rotatable bonds is 2. The Hall–Kier alpha value is -1.61. The van der Waals surface area contributed by atoms with Crippen LogP contribution in [-0.4, -0.2) is 4.57 Å². The highest BCUT2D eigenvalue weighted by atomic mass is 35.5. The quantitative estimate of drug-likeness (QED) is 0.787. The maximum absolute atomic E-state index is 13.5. The van der Waals surface area contributed by atoms with Gasteiger partial charge in [0.1, 0.15) is 5.82 Å². The molecular weight excluding hydrogens is 229 g/mol. The molecule has 0 N–H and O–H groups in total. The first-order valence-electron chi connectivity index (χ1n) is 4.77. The summed E-state index contributed by atoms with van der Waals surface area (Å²) in [7, 11) is 0. The predicted molar refractivity (Wildman–Crippen MR) is 61.2 cm³/mol. The molecule has 0 aliphatic carbocycles. The summed E-state index contributed by atoms with van der Waals surface area (Å²) in [6.07, 6.45) is 1.60. The van der Waals surface area contributed by atoms with Gasteiger partial charge in [-0.3, -0.25) is 4.79 Å². The van der Waals surface area contributed by atoms with Crippen LogP contribution in [-0.2, 0) is 6.54 Å². The molecule has 0 radical (unpaired) electrons. The molecule has 1 aromatic carbocycles. The molecule has 16 heavy (non-hydrogen) atoms. The fourth-order valence-corrected chi connectivity index (χ4v) is 1.67. The highest BCUT2D eigenvalue weighted by Gasteiger charge is 2.07. The minimum absolute atomic E-state index is 0.144. The summed E-state index contributed by atoms with van der Waals surface area (Å²) in [4.78, 5) is 11.4. The van der Waals surface area contributed by atoms with Crippen molar-refractivity contribution < 1.29 is 4.39 Å². The third-order valence-corrected chi connectivity index (χ3v) is 2.64. The lowest BCUT2D eigenvalue weighted by Crippen LogP contribution is -2.19.